The van der Waals surface area contributed by atoms with Crippen molar-refractivity contribution in [2.24, 2.45) is 0 Å². The van der Waals surface area contributed by atoms with Gasteiger partial charge >= 0.3 is 11.9 Å². The zero-order chi connectivity index (χ0) is 22.4. The van der Waals surface area contributed by atoms with E-state index in [2.05, 4.69) is 38.3 Å². The van der Waals surface area contributed by atoms with Crippen LogP contribution in [0.25, 0.3) is 11.4 Å². The van der Waals surface area contributed by atoms with E-state index in [0.717, 1.165) is 22.9 Å². The van der Waals surface area contributed by atoms with Gasteiger partial charge in [-0.3, -0.25) is 4.79 Å². The first kappa shape index (κ1) is 20.6. The summed E-state index contributed by atoms with van der Waals surface area (Å²) in [6, 6.07) is 17.0. The van der Waals surface area contributed by atoms with Crippen LogP contribution in [0, 0.1) is 0 Å². The molecule has 3 amide bonds. The van der Waals surface area contributed by atoms with Crippen molar-refractivity contribution < 1.29 is 14.2 Å². The van der Waals surface area contributed by atoms with Crippen molar-refractivity contribution in [3.05, 3.63) is 64.6 Å². The minimum atomic E-state index is -0.613. The molecule has 0 fully saturated rings. The molecule has 1 atom stereocenters. The predicted octanol–water partition coefficient (Wildman–Crippen LogP) is 3.01. The number of imide groups is 1. The van der Waals surface area contributed by atoms with Crippen molar-refractivity contribution in [2.75, 3.05) is 25.5 Å². The Morgan fingerprint density at radius 2 is 1.75 bits per heavy atom. The lowest BCUT2D eigenvalue weighted by Gasteiger charge is -2.27. The van der Waals surface area contributed by atoms with Gasteiger partial charge in [0.2, 0.25) is 17.7 Å². The van der Waals surface area contributed by atoms with E-state index < -0.39 is 6.04 Å². The van der Waals surface area contributed by atoms with Crippen LogP contribution >= 0.6 is 15.9 Å². The van der Waals surface area contributed by atoms with E-state index in [9.17, 15) is 9.59 Å². The summed E-state index contributed by atoms with van der Waals surface area (Å²) in [5.41, 5.74) is 2.10. The van der Waals surface area contributed by atoms with Gasteiger partial charge in [0.25, 0.3) is 5.95 Å². The lowest BCUT2D eigenvalue weighted by atomic mass is 10.1. The standard InChI is InChI=1S/C23H22BrN6O2/c1-27-20-18(21(31)28(2)23(27)32)29(14-6-9-15-7-4-3-5-8-15)22-26-25-19(30(20)22)16-10-12-17(24)13-11-16/h3-5,7-8,10-13,18H,6,9,14H2,1-2H3/q+1. The maximum Gasteiger partial charge on any atom is 0.445 e. The smallest absolute Gasteiger partial charge is 0.305 e. The number of carbonyl (C=O) groups excluding carboxylic acids is 2. The maximum atomic E-state index is 13.2. The Morgan fingerprint density at radius 3 is 2.47 bits per heavy atom. The molecule has 8 nitrogen and oxygen atoms in total. The number of aryl methyl sites for hydroxylation is 1. The number of rotatable bonds is 5. The lowest BCUT2D eigenvalue weighted by Crippen LogP contribution is -2.59. The summed E-state index contributed by atoms with van der Waals surface area (Å²) < 4.78 is 4.33. The van der Waals surface area contributed by atoms with Crippen LogP contribution in [0.1, 0.15) is 12.0 Å². The van der Waals surface area contributed by atoms with Gasteiger partial charge in [0, 0.05) is 16.6 Å². The molecule has 3 heterocycles. The summed E-state index contributed by atoms with van der Waals surface area (Å²) in [5.74, 6) is 1.51. The molecule has 0 N–H and O–H groups in total. The van der Waals surface area contributed by atoms with E-state index in [-0.39, 0.29) is 11.9 Å². The molecule has 0 spiro atoms. The maximum absolute atomic E-state index is 13.2. The topological polar surface area (TPSA) is 74.3 Å². The number of nitrogens with zero attached hydrogens (tertiary/aromatic N) is 6. The molecular weight excluding hydrogens is 472 g/mol. The fourth-order valence-corrected chi connectivity index (χ4v) is 4.61. The van der Waals surface area contributed by atoms with Gasteiger partial charge in [-0.1, -0.05) is 51.4 Å². The Balaban J connectivity index is 1.56. The second-order valence-electron chi connectivity index (χ2n) is 7.95. The SMILES string of the molecule is CN1C(=O)C2C(=[N+](C)C1=O)n1c(-c3ccc(Br)cc3)nnc1N2CCCc1ccccc1. The van der Waals surface area contributed by atoms with Gasteiger partial charge in [0.1, 0.15) is 0 Å². The number of hydrogen-bond acceptors (Lipinski definition) is 5. The van der Waals surface area contributed by atoms with E-state index in [4.69, 9.17) is 0 Å². The highest BCUT2D eigenvalue weighted by atomic mass is 79.9. The van der Waals surface area contributed by atoms with Gasteiger partial charge in [-0.2, -0.15) is 9.47 Å². The van der Waals surface area contributed by atoms with Gasteiger partial charge in [-0.25, -0.2) is 9.37 Å². The number of anilines is 1. The summed E-state index contributed by atoms with van der Waals surface area (Å²) in [6.07, 6.45) is 1.72. The molecule has 0 radical (unpaired) electrons. The fraction of sp³-hybridized carbons (Fsp3) is 0.261. The summed E-state index contributed by atoms with van der Waals surface area (Å²) in [5, 5.41) is 8.86. The zero-order valence-corrected chi connectivity index (χ0v) is 19.4. The third kappa shape index (κ3) is 3.24. The van der Waals surface area contributed by atoms with Crippen molar-refractivity contribution in [1.29, 1.82) is 0 Å². The van der Waals surface area contributed by atoms with Crippen molar-refractivity contribution in [1.82, 2.24) is 19.7 Å². The Kier molecular flexibility index (Phi) is 5.13. The highest BCUT2D eigenvalue weighted by Gasteiger charge is 2.55. The summed E-state index contributed by atoms with van der Waals surface area (Å²) in [6.45, 7) is 0.614. The van der Waals surface area contributed by atoms with Gasteiger partial charge in [0.05, 0.1) is 14.1 Å². The Labute approximate surface area is 193 Å². The first-order valence-corrected chi connectivity index (χ1v) is 11.2. The molecule has 0 saturated heterocycles. The number of likely N-dealkylation sites (N-methyl/N-ethyl adjacent to an activating group) is 1. The molecule has 0 bridgehead atoms. The number of amides is 3. The van der Waals surface area contributed by atoms with Crippen molar-refractivity contribution in [3.8, 4) is 11.4 Å². The Morgan fingerprint density at radius 1 is 1.03 bits per heavy atom. The third-order valence-electron chi connectivity index (χ3n) is 5.98. The Bertz CT molecular complexity index is 1240. The number of halogens is 1. The first-order chi connectivity index (χ1) is 15.5. The number of aromatic nitrogens is 3. The number of carbonyl (C=O) groups is 2. The number of hydrogen-bond donors (Lipinski definition) is 0. The average Bonchev–Trinajstić information content (AvgIpc) is 3.36. The summed E-state index contributed by atoms with van der Waals surface area (Å²) in [4.78, 5) is 29.1. The van der Waals surface area contributed by atoms with Gasteiger partial charge in [0.15, 0.2) is 0 Å². The molecule has 0 saturated carbocycles. The van der Waals surface area contributed by atoms with E-state index in [1.807, 2.05) is 51.9 Å². The first-order valence-electron chi connectivity index (χ1n) is 10.4. The van der Waals surface area contributed by atoms with Crippen LogP contribution in [-0.4, -0.2) is 68.7 Å². The number of benzene rings is 2. The van der Waals surface area contributed by atoms with Crippen LogP contribution in [0.4, 0.5) is 10.7 Å². The predicted molar refractivity (Wildman–Crippen MR) is 124 cm³/mol. The van der Waals surface area contributed by atoms with E-state index >= 15 is 0 Å². The molecule has 5 rings (SSSR count). The van der Waals surface area contributed by atoms with Gasteiger partial charge < -0.3 is 4.90 Å². The molecule has 1 aromatic heterocycles. The molecule has 0 aliphatic carbocycles. The van der Waals surface area contributed by atoms with E-state index in [0.29, 0.717) is 24.2 Å². The minimum absolute atomic E-state index is 0.255. The van der Waals surface area contributed by atoms with Crippen molar-refractivity contribution in [3.63, 3.8) is 0 Å². The molecule has 2 aliphatic heterocycles. The molecule has 2 aromatic carbocycles. The zero-order valence-electron chi connectivity index (χ0n) is 17.8. The van der Waals surface area contributed by atoms with Crippen LogP contribution in [0.5, 0.6) is 0 Å². The number of fused-ring (bicyclic) bond motifs is 3. The third-order valence-corrected chi connectivity index (χ3v) is 6.51. The van der Waals surface area contributed by atoms with Crippen LogP contribution in [0.2, 0.25) is 0 Å². The van der Waals surface area contributed by atoms with E-state index in [1.54, 1.807) is 7.05 Å². The molecule has 2 aliphatic rings. The highest BCUT2D eigenvalue weighted by Crippen LogP contribution is 2.33. The molecule has 1 unspecified atom stereocenters. The molecular formula is C23H22BrN6O2+. The second kappa shape index (κ2) is 7.98. The summed E-state index contributed by atoms with van der Waals surface area (Å²) in [7, 11) is 3.21. The largest absolute Gasteiger partial charge is 0.445 e. The van der Waals surface area contributed by atoms with Gasteiger partial charge in [-0.05, 0) is 42.7 Å². The van der Waals surface area contributed by atoms with Crippen molar-refractivity contribution >= 4 is 39.7 Å². The molecule has 3 aromatic rings. The van der Waals surface area contributed by atoms with Crippen molar-refractivity contribution in [2.45, 2.75) is 18.9 Å². The van der Waals surface area contributed by atoms with Gasteiger partial charge in [-0.15, -0.1) is 5.10 Å². The van der Waals surface area contributed by atoms with Crippen LogP contribution in [0.3, 0.4) is 0 Å². The fourth-order valence-electron chi connectivity index (χ4n) is 4.34. The molecule has 162 valence electrons. The second-order valence-corrected chi connectivity index (χ2v) is 8.86. The highest BCUT2D eigenvalue weighted by molar-refractivity contribution is 9.10. The minimum Gasteiger partial charge on any atom is -0.305 e. The van der Waals surface area contributed by atoms with Crippen LogP contribution in [0.15, 0.2) is 59.1 Å². The molecule has 32 heavy (non-hydrogen) atoms. The average molecular weight is 494 g/mol. The van der Waals surface area contributed by atoms with E-state index in [1.165, 1.54) is 22.1 Å². The Hall–Kier alpha value is -3.33. The quantitative estimate of drug-likeness (QED) is 0.510. The number of urea groups is 1. The summed E-state index contributed by atoms with van der Waals surface area (Å²) >= 11 is 3.46. The van der Waals surface area contributed by atoms with Crippen LogP contribution in [-0.2, 0) is 11.2 Å². The van der Waals surface area contributed by atoms with Crippen LogP contribution < -0.4 is 4.90 Å². The lowest BCUT2D eigenvalue weighted by molar-refractivity contribution is -0.407. The monoisotopic (exact) mass is 493 g/mol. The normalized spacial score (nSPS) is 17.8. The molecule has 9 heteroatoms.